The third kappa shape index (κ3) is 5.70. The molecule has 0 aromatic heterocycles. The Morgan fingerprint density at radius 1 is 1.33 bits per heavy atom. The molecule has 1 rings (SSSR count). The maximum absolute atomic E-state index is 11.9. The van der Waals surface area contributed by atoms with E-state index in [1.54, 1.807) is 24.3 Å². The smallest absolute Gasteiger partial charge is 0.389 e. The summed E-state index contributed by atoms with van der Waals surface area (Å²) in [6, 6.07) is 6.96. The number of carbonyl (C=O) groups excluding carboxylic acids is 1. The molecule has 18 heavy (non-hydrogen) atoms. The first kappa shape index (κ1) is 14.5. The number of rotatable bonds is 6. The molecule has 1 aromatic rings. The number of methoxy groups -OCH3 is 1. The quantitative estimate of drug-likeness (QED) is 0.782. The summed E-state index contributed by atoms with van der Waals surface area (Å²) in [5.41, 5.74) is 0.756. The Bertz CT molecular complexity index is 399. The lowest BCUT2D eigenvalue weighted by molar-refractivity contribution is -0.137. The van der Waals surface area contributed by atoms with Crippen molar-refractivity contribution in [1.29, 1.82) is 0 Å². The molecule has 0 unspecified atom stereocenters. The molecule has 0 heterocycles. The van der Waals surface area contributed by atoms with E-state index < -0.39 is 12.6 Å². The van der Waals surface area contributed by atoms with E-state index in [4.69, 9.17) is 4.74 Å². The molecular weight excluding hydrogens is 245 g/mol. The van der Waals surface area contributed by atoms with Crippen molar-refractivity contribution in [3.05, 3.63) is 29.8 Å². The average Bonchev–Trinajstić information content (AvgIpc) is 2.27. The SMILES string of the molecule is COc1cccc(CC(=O)CCCC(F)(F)F)c1. The van der Waals surface area contributed by atoms with Crippen LogP contribution in [-0.2, 0) is 11.2 Å². The van der Waals surface area contributed by atoms with Crippen LogP contribution in [0.25, 0.3) is 0 Å². The fraction of sp³-hybridized carbons (Fsp3) is 0.462. The summed E-state index contributed by atoms with van der Waals surface area (Å²) in [4.78, 5) is 11.5. The summed E-state index contributed by atoms with van der Waals surface area (Å²) < 4.78 is 40.7. The first-order chi connectivity index (χ1) is 8.40. The Morgan fingerprint density at radius 2 is 2.06 bits per heavy atom. The van der Waals surface area contributed by atoms with Crippen molar-refractivity contribution in [2.45, 2.75) is 31.9 Å². The van der Waals surface area contributed by atoms with Gasteiger partial charge in [-0.15, -0.1) is 0 Å². The number of Topliss-reactive ketones (excluding diaryl/α,β-unsaturated/α-hetero) is 1. The second kappa shape index (κ2) is 6.42. The lowest BCUT2D eigenvalue weighted by Gasteiger charge is -2.06. The van der Waals surface area contributed by atoms with Crippen LogP contribution in [0, 0.1) is 0 Å². The zero-order chi connectivity index (χ0) is 13.6. The van der Waals surface area contributed by atoms with Crippen LogP contribution in [0.2, 0.25) is 0 Å². The Morgan fingerprint density at radius 3 is 2.67 bits per heavy atom. The molecule has 0 bridgehead atoms. The molecule has 0 amide bonds. The van der Waals surface area contributed by atoms with Crippen LogP contribution in [0.1, 0.15) is 24.8 Å². The van der Waals surface area contributed by atoms with Crippen molar-refractivity contribution in [2.75, 3.05) is 7.11 Å². The van der Waals surface area contributed by atoms with Crippen molar-refractivity contribution in [1.82, 2.24) is 0 Å². The predicted molar refractivity (Wildman–Crippen MR) is 61.6 cm³/mol. The molecule has 0 radical (unpaired) electrons. The van der Waals surface area contributed by atoms with Gasteiger partial charge in [0.25, 0.3) is 0 Å². The summed E-state index contributed by atoms with van der Waals surface area (Å²) in [5, 5.41) is 0. The number of benzene rings is 1. The van der Waals surface area contributed by atoms with E-state index in [-0.39, 0.29) is 25.0 Å². The van der Waals surface area contributed by atoms with Gasteiger partial charge >= 0.3 is 6.18 Å². The van der Waals surface area contributed by atoms with E-state index in [1.165, 1.54) is 7.11 Å². The largest absolute Gasteiger partial charge is 0.497 e. The monoisotopic (exact) mass is 260 g/mol. The highest BCUT2D eigenvalue weighted by atomic mass is 19.4. The number of hydrogen-bond donors (Lipinski definition) is 0. The first-order valence-electron chi connectivity index (χ1n) is 5.62. The van der Waals surface area contributed by atoms with Crippen LogP contribution in [0.3, 0.4) is 0 Å². The van der Waals surface area contributed by atoms with Crippen molar-refractivity contribution in [3.63, 3.8) is 0 Å². The van der Waals surface area contributed by atoms with Gasteiger partial charge in [-0.25, -0.2) is 0 Å². The van der Waals surface area contributed by atoms with Gasteiger partial charge in [-0.05, 0) is 24.1 Å². The molecule has 0 saturated heterocycles. The molecule has 1 aromatic carbocycles. The molecular formula is C13H15F3O2. The van der Waals surface area contributed by atoms with Crippen LogP contribution < -0.4 is 4.74 Å². The predicted octanol–water partition coefficient (Wildman–Crippen LogP) is 3.54. The zero-order valence-electron chi connectivity index (χ0n) is 10.1. The number of alkyl halides is 3. The third-order valence-electron chi connectivity index (χ3n) is 2.45. The number of ketones is 1. The van der Waals surface area contributed by atoms with Gasteiger partial charge in [0.15, 0.2) is 0 Å². The average molecular weight is 260 g/mol. The molecule has 0 saturated carbocycles. The maximum atomic E-state index is 11.9. The van der Waals surface area contributed by atoms with Gasteiger partial charge in [0, 0.05) is 19.3 Å². The lowest BCUT2D eigenvalue weighted by Crippen LogP contribution is -2.09. The first-order valence-corrected chi connectivity index (χ1v) is 5.62. The van der Waals surface area contributed by atoms with Crippen molar-refractivity contribution in [2.24, 2.45) is 0 Å². The molecule has 100 valence electrons. The fourth-order valence-electron chi connectivity index (χ4n) is 1.58. The number of hydrogen-bond acceptors (Lipinski definition) is 2. The molecule has 0 aliphatic rings. The van der Waals surface area contributed by atoms with Crippen LogP contribution >= 0.6 is 0 Å². The molecule has 2 nitrogen and oxygen atoms in total. The normalized spacial score (nSPS) is 11.3. The van der Waals surface area contributed by atoms with Crippen molar-refractivity contribution >= 4 is 5.78 Å². The van der Waals surface area contributed by atoms with Crippen LogP contribution in [0.15, 0.2) is 24.3 Å². The molecule has 0 spiro atoms. The van der Waals surface area contributed by atoms with Gasteiger partial charge in [0.1, 0.15) is 11.5 Å². The summed E-state index contributed by atoms with van der Waals surface area (Å²) in [6.45, 7) is 0. The maximum Gasteiger partial charge on any atom is 0.389 e. The molecule has 0 fully saturated rings. The Hall–Kier alpha value is -1.52. The van der Waals surface area contributed by atoms with Gasteiger partial charge in [0.2, 0.25) is 0 Å². The van der Waals surface area contributed by atoms with Gasteiger partial charge in [-0.3, -0.25) is 4.79 Å². The van der Waals surface area contributed by atoms with Crippen molar-refractivity contribution in [3.8, 4) is 5.75 Å². The molecule has 5 heteroatoms. The van der Waals surface area contributed by atoms with E-state index in [9.17, 15) is 18.0 Å². The fourth-order valence-corrected chi connectivity index (χ4v) is 1.58. The molecule has 0 N–H and O–H groups in total. The van der Waals surface area contributed by atoms with Gasteiger partial charge < -0.3 is 4.74 Å². The number of carbonyl (C=O) groups is 1. The Kier molecular flexibility index (Phi) is 5.19. The Balaban J connectivity index is 2.40. The number of halogens is 3. The van der Waals surface area contributed by atoms with Gasteiger partial charge in [0.05, 0.1) is 7.11 Å². The highest BCUT2D eigenvalue weighted by Gasteiger charge is 2.26. The molecule has 0 aliphatic carbocycles. The second-order valence-corrected chi connectivity index (χ2v) is 4.04. The van der Waals surface area contributed by atoms with Gasteiger partial charge in [-0.1, -0.05) is 12.1 Å². The highest BCUT2D eigenvalue weighted by molar-refractivity contribution is 5.80. The highest BCUT2D eigenvalue weighted by Crippen LogP contribution is 2.22. The minimum atomic E-state index is -4.18. The standard InChI is InChI=1S/C13H15F3O2/c1-18-12-6-2-4-10(9-12)8-11(17)5-3-7-13(14,15)16/h2,4,6,9H,3,5,7-8H2,1H3. The van der Waals surface area contributed by atoms with E-state index in [0.29, 0.717) is 5.75 Å². The summed E-state index contributed by atoms with van der Waals surface area (Å²) in [7, 11) is 1.52. The van der Waals surface area contributed by atoms with E-state index in [0.717, 1.165) is 5.56 Å². The summed E-state index contributed by atoms with van der Waals surface area (Å²) in [6.07, 6.45) is -5.13. The minimum absolute atomic E-state index is 0.0449. The molecule has 0 atom stereocenters. The number of ether oxygens (including phenoxy) is 1. The van der Waals surface area contributed by atoms with Gasteiger partial charge in [-0.2, -0.15) is 13.2 Å². The second-order valence-electron chi connectivity index (χ2n) is 4.04. The van der Waals surface area contributed by atoms with E-state index >= 15 is 0 Å². The lowest BCUT2D eigenvalue weighted by atomic mass is 10.0. The minimum Gasteiger partial charge on any atom is -0.497 e. The summed E-state index contributed by atoms with van der Waals surface area (Å²) in [5.74, 6) is 0.447. The summed E-state index contributed by atoms with van der Waals surface area (Å²) >= 11 is 0. The van der Waals surface area contributed by atoms with Crippen molar-refractivity contribution < 1.29 is 22.7 Å². The molecule has 0 aliphatic heterocycles. The van der Waals surface area contributed by atoms with Crippen LogP contribution in [0.5, 0.6) is 5.75 Å². The van der Waals surface area contributed by atoms with Crippen LogP contribution in [-0.4, -0.2) is 19.1 Å². The zero-order valence-corrected chi connectivity index (χ0v) is 10.1. The van der Waals surface area contributed by atoms with Crippen LogP contribution in [0.4, 0.5) is 13.2 Å². The van der Waals surface area contributed by atoms with E-state index in [1.807, 2.05) is 0 Å². The van der Waals surface area contributed by atoms with E-state index in [2.05, 4.69) is 0 Å². The topological polar surface area (TPSA) is 26.3 Å². The third-order valence-corrected chi connectivity index (χ3v) is 2.45. The Labute approximate surface area is 104 Å².